The number of H-pyrrole nitrogens is 1. The molecule has 0 aliphatic carbocycles. The first-order valence-corrected chi connectivity index (χ1v) is 9.58. The number of thioether (sulfide) groups is 1. The number of fused-ring (bicyclic) bond motifs is 2. The summed E-state index contributed by atoms with van der Waals surface area (Å²) < 4.78 is 1.84. The summed E-state index contributed by atoms with van der Waals surface area (Å²) >= 11 is 1.82. The van der Waals surface area contributed by atoms with Gasteiger partial charge in [0, 0.05) is 34.2 Å². The van der Waals surface area contributed by atoms with Crippen LogP contribution in [-0.4, -0.2) is 20.7 Å². The molecular weight excluding hydrogens is 344 g/mol. The zero-order valence-electron chi connectivity index (χ0n) is 13.9. The van der Waals surface area contributed by atoms with E-state index < -0.39 is 0 Å². The van der Waals surface area contributed by atoms with Crippen molar-refractivity contribution >= 4 is 34.4 Å². The second kappa shape index (κ2) is 6.07. The topological polar surface area (TPSA) is 62.7 Å². The van der Waals surface area contributed by atoms with Gasteiger partial charge in [-0.05, 0) is 18.2 Å². The Balaban J connectivity index is 1.57. The molecule has 3 heterocycles. The lowest BCUT2D eigenvalue weighted by atomic mass is 10.1. The summed E-state index contributed by atoms with van der Waals surface area (Å²) in [6.07, 6.45) is 1.76. The number of nitrogens with zero attached hydrogens (tertiary/aromatic N) is 2. The van der Waals surface area contributed by atoms with Crippen molar-refractivity contribution in [2.45, 2.75) is 11.5 Å². The number of carbonyl (C=O) groups is 1. The first-order chi connectivity index (χ1) is 12.8. The van der Waals surface area contributed by atoms with Crippen LogP contribution in [0.25, 0.3) is 16.6 Å². The molecule has 4 aromatic rings. The zero-order valence-corrected chi connectivity index (χ0v) is 14.7. The van der Waals surface area contributed by atoms with E-state index in [4.69, 9.17) is 5.10 Å². The molecular formula is C20H16N4OS. The van der Waals surface area contributed by atoms with Crippen molar-refractivity contribution in [2.24, 2.45) is 0 Å². The number of anilines is 1. The summed E-state index contributed by atoms with van der Waals surface area (Å²) in [5.41, 5.74) is 4.71. The molecule has 0 atom stereocenters. The van der Waals surface area contributed by atoms with Gasteiger partial charge in [0.05, 0.1) is 16.9 Å². The number of rotatable bonds is 3. The molecule has 1 aliphatic heterocycles. The number of carbonyl (C=O) groups excluding carboxylic acids is 1. The van der Waals surface area contributed by atoms with Gasteiger partial charge in [-0.15, -0.1) is 0 Å². The van der Waals surface area contributed by atoms with E-state index in [0.717, 1.165) is 45.2 Å². The lowest BCUT2D eigenvalue weighted by molar-refractivity contribution is 0.102. The molecule has 5 rings (SSSR count). The first-order valence-electron chi connectivity index (χ1n) is 8.42. The molecule has 0 radical (unpaired) electrons. The van der Waals surface area contributed by atoms with E-state index in [1.165, 1.54) is 0 Å². The Morgan fingerprint density at radius 2 is 1.88 bits per heavy atom. The Morgan fingerprint density at radius 1 is 1.08 bits per heavy atom. The molecule has 6 heteroatoms. The third kappa shape index (κ3) is 2.42. The SMILES string of the molecule is O=C(Nc1c2c(nn1-c1ccccc1)CSC2)c1c[nH]c2ccccc12. The summed E-state index contributed by atoms with van der Waals surface area (Å²) in [6, 6.07) is 17.7. The monoisotopic (exact) mass is 360 g/mol. The number of aromatic nitrogens is 3. The van der Waals surface area contributed by atoms with Gasteiger partial charge in [-0.25, -0.2) is 4.68 Å². The molecule has 0 fully saturated rings. The Bertz CT molecular complexity index is 1110. The number of hydrogen-bond donors (Lipinski definition) is 2. The van der Waals surface area contributed by atoms with Crippen molar-refractivity contribution in [1.82, 2.24) is 14.8 Å². The molecule has 1 amide bonds. The molecule has 0 saturated heterocycles. The summed E-state index contributed by atoms with van der Waals surface area (Å²) in [5, 5.41) is 8.76. The highest BCUT2D eigenvalue weighted by atomic mass is 32.2. The van der Waals surface area contributed by atoms with Crippen LogP contribution in [0.4, 0.5) is 5.82 Å². The minimum absolute atomic E-state index is 0.126. The Kier molecular flexibility index (Phi) is 3.57. The number of nitrogens with one attached hydrogen (secondary N) is 2. The highest BCUT2D eigenvalue weighted by Gasteiger charge is 2.25. The van der Waals surface area contributed by atoms with E-state index in [1.807, 2.05) is 71.0 Å². The zero-order chi connectivity index (χ0) is 17.5. The molecule has 0 saturated carbocycles. The van der Waals surface area contributed by atoms with E-state index in [-0.39, 0.29) is 5.91 Å². The van der Waals surface area contributed by atoms with Gasteiger partial charge in [-0.1, -0.05) is 36.4 Å². The van der Waals surface area contributed by atoms with Gasteiger partial charge >= 0.3 is 0 Å². The predicted molar refractivity (Wildman–Crippen MR) is 105 cm³/mol. The number of hydrogen-bond acceptors (Lipinski definition) is 3. The van der Waals surface area contributed by atoms with Crippen LogP contribution in [0.1, 0.15) is 21.6 Å². The normalized spacial score (nSPS) is 13.1. The summed E-state index contributed by atoms with van der Waals surface area (Å²) in [4.78, 5) is 16.2. The van der Waals surface area contributed by atoms with Crippen molar-refractivity contribution in [3.05, 3.63) is 77.6 Å². The van der Waals surface area contributed by atoms with Crippen LogP contribution in [0.2, 0.25) is 0 Å². The highest BCUT2D eigenvalue weighted by Crippen LogP contribution is 2.36. The minimum Gasteiger partial charge on any atom is -0.360 e. The molecule has 2 aromatic carbocycles. The van der Waals surface area contributed by atoms with Gasteiger partial charge in [-0.3, -0.25) is 4.79 Å². The van der Waals surface area contributed by atoms with Crippen molar-refractivity contribution in [3.8, 4) is 5.69 Å². The van der Waals surface area contributed by atoms with Crippen LogP contribution in [0.15, 0.2) is 60.8 Å². The first kappa shape index (κ1) is 15.3. The molecule has 0 spiro atoms. The van der Waals surface area contributed by atoms with Crippen LogP contribution >= 0.6 is 11.8 Å². The molecule has 2 N–H and O–H groups in total. The fourth-order valence-electron chi connectivity index (χ4n) is 3.33. The standard InChI is InChI=1S/C20H16N4OS/c25-20(15-10-21-17-9-5-4-8-14(15)17)22-19-16-11-26-12-18(16)23-24(19)13-6-2-1-3-7-13/h1-10,21H,11-12H2,(H,22,25). The minimum atomic E-state index is -0.126. The maximum atomic E-state index is 13.0. The predicted octanol–water partition coefficient (Wildman–Crippen LogP) is 4.35. The summed E-state index contributed by atoms with van der Waals surface area (Å²) in [5.74, 6) is 2.39. The summed E-state index contributed by atoms with van der Waals surface area (Å²) in [7, 11) is 0. The number of aromatic amines is 1. The Labute approximate surface area is 154 Å². The van der Waals surface area contributed by atoms with Crippen LogP contribution in [0.3, 0.4) is 0 Å². The Morgan fingerprint density at radius 3 is 2.77 bits per heavy atom. The van der Waals surface area contributed by atoms with E-state index >= 15 is 0 Å². The smallest absolute Gasteiger partial charge is 0.258 e. The van der Waals surface area contributed by atoms with Crippen LogP contribution in [0, 0.1) is 0 Å². The van der Waals surface area contributed by atoms with Gasteiger partial charge in [-0.2, -0.15) is 16.9 Å². The van der Waals surface area contributed by atoms with Gasteiger partial charge in [0.1, 0.15) is 5.82 Å². The third-order valence-electron chi connectivity index (χ3n) is 4.62. The van der Waals surface area contributed by atoms with Gasteiger partial charge in [0.15, 0.2) is 0 Å². The van der Waals surface area contributed by atoms with Crippen LogP contribution in [0.5, 0.6) is 0 Å². The van der Waals surface area contributed by atoms with Gasteiger partial charge in [0.2, 0.25) is 0 Å². The molecule has 2 aromatic heterocycles. The average molecular weight is 360 g/mol. The number of amides is 1. The molecule has 1 aliphatic rings. The van der Waals surface area contributed by atoms with Gasteiger partial charge in [0.25, 0.3) is 5.91 Å². The lowest BCUT2D eigenvalue weighted by Gasteiger charge is -2.10. The van der Waals surface area contributed by atoms with Crippen molar-refractivity contribution in [2.75, 3.05) is 5.32 Å². The molecule has 5 nitrogen and oxygen atoms in total. The van der Waals surface area contributed by atoms with E-state index in [0.29, 0.717) is 5.56 Å². The van der Waals surface area contributed by atoms with E-state index in [2.05, 4.69) is 10.3 Å². The fraction of sp³-hybridized carbons (Fsp3) is 0.100. The van der Waals surface area contributed by atoms with Gasteiger partial charge < -0.3 is 10.3 Å². The molecule has 128 valence electrons. The quantitative estimate of drug-likeness (QED) is 0.571. The lowest BCUT2D eigenvalue weighted by Crippen LogP contribution is -2.16. The van der Waals surface area contributed by atoms with Crippen LogP contribution < -0.4 is 5.32 Å². The van der Waals surface area contributed by atoms with E-state index in [1.54, 1.807) is 6.20 Å². The molecule has 0 bridgehead atoms. The fourth-order valence-corrected chi connectivity index (χ4v) is 4.37. The van der Waals surface area contributed by atoms with E-state index in [9.17, 15) is 4.79 Å². The second-order valence-electron chi connectivity index (χ2n) is 6.22. The van der Waals surface area contributed by atoms with Crippen LogP contribution in [-0.2, 0) is 11.5 Å². The Hall–Kier alpha value is -2.99. The van der Waals surface area contributed by atoms with Crippen molar-refractivity contribution in [1.29, 1.82) is 0 Å². The third-order valence-corrected chi connectivity index (χ3v) is 5.59. The maximum absolute atomic E-state index is 13.0. The summed E-state index contributed by atoms with van der Waals surface area (Å²) in [6.45, 7) is 0. The molecule has 0 unspecified atom stereocenters. The van der Waals surface area contributed by atoms with Crippen molar-refractivity contribution in [3.63, 3.8) is 0 Å². The van der Waals surface area contributed by atoms with Crippen molar-refractivity contribution < 1.29 is 4.79 Å². The molecule has 26 heavy (non-hydrogen) atoms. The average Bonchev–Trinajstić information content (AvgIpc) is 3.38. The second-order valence-corrected chi connectivity index (χ2v) is 7.20. The maximum Gasteiger partial charge on any atom is 0.258 e. The highest BCUT2D eigenvalue weighted by molar-refractivity contribution is 7.98. The largest absolute Gasteiger partial charge is 0.360 e. The number of para-hydroxylation sites is 2. The number of benzene rings is 2.